The van der Waals surface area contributed by atoms with E-state index in [2.05, 4.69) is 32.8 Å². The molecule has 1 aromatic carbocycles. The second-order valence-corrected chi connectivity index (χ2v) is 7.15. The van der Waals surface area contributed by atoms with Gasteiger partial charge in [0.2, 0.25) is 5.95 Å². The third-order valence-corrected chi connectivity index (χ3v) is 5.50. The van der Waals surface area contributed by atoms with Crippen LogP contribution in [0.5, 0.6) is 5.75 Å². The van der Waals surface area contributed by atoms with Crippen LogP contribution in [-0.4, -0.2) is 52.7 Å². The maximum atomic E-state index is 13.1. The first-order valence-corrected chi connectivity index (χ1v) is 9.29. The first-order valence-electron chi connectivity index (χ1n) is 9.29. The number of aromatic nitrogens is 2. The zero-order valence-corrected chi connectivity index (χ0v) is 15.3. The van der Waals surface area contributed by atoms with E-state index in [-0.39, 0.29) is 12.1 Å². The molecule has 0 radical (unpaired) electrons. The number of halogens is 1. The lowest BCUT2D eigenvalue weighted by Gasteiger charge is -2.50. The quantitative estimate of drug-likeness (QED) is 0.831. The van der Waals surface area contributed by atoms with Gasteiger partial charge >= 0.3 is 0 Å². The summed E-state index contributed by atoms with van der Waals surface area (Å²) >= 11 is 0. The lowest BCUT2D eigenvalue weighted by molar-refractivity contribution is 0.0286. The Hall–Kier alpha value is -2.72. The smallest absolute Gasteiger partial charge is 0.225 e. The summed E-state index contributed by atoms with van der Waals surface area (Å²) in [5.74, 6) is 0.933. The zero-order valence-electron chi connectivity index (χ0n) is 15.3. The van der Waals surface area contributed by atoms with Crippen molar-refractivity contribution < 1.29 is 9.13 Å². The summed E-state index contributed by atoms with van der Waals surface area (Å²) in [7, 11) is 0. The minimum absolute atomic E-state index is 0.121. The summed E-state index contributed by atoms with van der Waals surface area (Å²) in [6.45, 7) is 4.75. The van der Waals surface area contributed by atoms with E-state index >= 15 is 0 Å². The maximum absolute atomic E-state index is 13.1. The molecule has 6 nitrogen and oxygen atoms in total. The molecule has 2 aromatic rings. The van der Waals surface area contributed by atoms with E-state index in [4.69, 9.17) is 10.00 Å². The number of piperazine rings is 1. The van der Waals surface area contributed by atoms with E-state index in [1.807, 2.05) is 12.1 Å². The minimum Gasteiger partial charge on any atom is -0.489 e. The van der Waals surface area contributed by atoms with Crippen LogP contribution in [0.15, 0.2) is 36.7 Å². The predicted octanol–water partition coefficient (Wildman–Crippen LogP) is 2.61. The van der Waals surface area contributed by atoms with Gasteiger partial charge < -0.3 is 9.64 Å². The van der Waals surface area contributed by atoms with Gasteiger partial charge in [-0.25, -0.2) is 14.4 Å². The highest BCUT2D eigenvalue weighted by Gasteiger charge is 2.39. The minimum atomic E-state index is -0.414. The number of ether oxygens (including phenoxy) is 1. The normalized spacial score (nSPS) is 25.5. The number of anilines is 1. The average molecular weight is 367 g/mol. The maximum Gasteiger partial charge on any atom is 0.225 e. The molecule has 0 aliphatic carbocycles. The van der Waals surface area contributed by atoms with E-state index < -0.39 is 5.82 Å². The third kappa shape index (κ3) is 3.71. The average Bonchev–Trinajstić information content (AvgIpc) is 2.69. The molecule has 2 fully saturated rings. The number of hydrogen-bond acceptors (Lipinski definition) is 6. The second kappa shape index (κ2) is 7.49. The lowest BCUT2D eigenvalue weighted by Crippen LogP contribution is -2.62. The molecule has 0 N–H and O–H groups in total. The Labute approximate surface area is 158 Å². The molecule has 0 amide bonds. The molecule has 7 heteroatoms. The van der Waals surface area contributed by atoms with Gasteiger partial charge in [0.1, 0.15) is 11.9 Å². The molecule has 0 spiro atoms. The summed E-state index contributed by atoms with van der Waals surface area (Å²) in [5, 5.41) is 9.04. The van der Waals surface area contributed by atoms with Gasteiger partial charge in [-0.1, -0.05) is 6.07 Å². The number of rotatable bonds is 3. The lowest BCUT2D eigenvalue weighted by atomic mass is 9.92. The fourth-order valence-electron chi connectivity index (χ4n) is 4.14. The Bertz CT molecular complexity index is 837. The predicted molar refractivity (Wildman–Crippen MR) is 99.0 cm³/mol. The van der Waals surface area contributed by atoms with Gasteiger partial charge in [0.25, 0.3) is 0 Å². The standard InChI is InChI=1S/C20H22FN5O/c1-14-19-6-5-18(27-17-4-2-3-15(9-17)10-22)13-25(19)7-8-26(14)20-23-11-16(21)12-24-20/h2-4,9,11-12,14,18-19H,5-8,13H2,1H3/t14?,18-,19+/m1/s1. The van der Waals surface area contributed by atoms with Crippen LogP contribution in [0.4, 0.5) is 10.3 Å². The third-order valence-electron chi connectivity index (χ3n) is 5.50. The van der Waals surface area contributed by atoms with Crippen LogP contribution >= 0.6 is 0 Å². The van der Waals surface area contributed by atoms with Crippen molar-refractivity contribution >= 4 is 5.95 Å². The first kappa shape index (κ1) is 17.7. The Kier molecular flexibility index (Phi) is 4.90. The topological polar surface area (TPSA) is 65.3 Å². The van der Waals surface area contributed by atoms with Gasteiger partial charge in [-0.15, -0.1) is 0 Å². The Morgan fingerprint density at radius 3 is 2.81 bits per heavy atom. The summed E-state index contributed by atoms with van der Waals surface area (Å²) in [6.07, 6.45) is 4.54. The highest BCUT2D eigenvalue weighted by Crippen LogP contribution is 2.30. The SMILES string of the molecule is CC1[C@@H]2CC[C@@H](Oc3cccc(C#N)c3)CN2CCN1c1ncc(F)cn1. The van der Waals surface area contributed by atoms with Gasteiger partial charge in [-0.2, -0.15) is 5.26 Å². The number of benzene rings is 1. The molecule has 1 unspecified atom stereocenters. The number of piperidine rings is 1. The molecule has 2 aliphatic heterocycles. The van der Waals surface area contributed by atoms with Crippen molar-refractivity contribution in [1.29, 1.82) is 5.26 Å². The van der Waals surface area contributed by atoms with Crippen molar-refractivity contribution in [3.63, 3.8) is 0 Å². The number of hydrogen-bond donors (Lipinski definition) is 0. The van der Waals surface area contributed by atoms with Crippen LogP contribution in [0, 0.1) is 17.1 Å². The fourth-order valence-corrected chi connectivity index (χ4v) is 4.14. The largest absolute Gasteiger partial charge is 0.489 e. The molecule has 140 valence electrons. The monoisotopic (exact) mass is 367 g/mol. The van der Waals surface area contributed by atoms with Crippen molar-refractivity contribution in [3.8, 4) is 11.8 Å². The Morgan fingerprint density at radius 2 is 2.04 bits per heavy atom. The van der Waals surface area contributed by atoms with Crippen molar-refractivity contribution in [2.45, 2.75) is 38.0 Å². The van der Waals surface area contributed by atoms with E-state index in [0.717, 1.165) is 38.2 Å². The second-order valence-electron chi connectivity index (χ2n) is 7.15. The molecule has 3 heterocycles. The number of nitriles is 1. The van der Waals surface area contributed by atoms with Gasteiger partial charge in [-0.05, 0) is 38.0 Å². The molecule has 0 saturated carbocycles. The number of fused-ring (bicyclic) bond motifs is 1. The highest BCUT2D eigenvalue weighted by molar-refractivity contribution is 5.36. The Balaban J connectivity index is 1.40. The van der Waals surface area contributed by atoms with E-state index in [1.165, 1.54) is 12.4 Å². The summed E-state index contributed by atoms with van der Waals surface area (Å²) in [5.41, 5.74) is 0.614. The first-order chi connectivity index (χ1) is 13.1. The Morgan fingerprint density at radius 1 is 1.22 bits per heavy atom. The number of nitrogens with zero attached hydrogens (tertiary/aromatic N) is 5. The summed E-state index contributed by atoms with van der Waals surface area (Å²) in [4.78, 5) is 12.9. The molecule has 3 atom stereocenters. The summed E-state index contributed by atoms with van der Waals surface area (Å²) < 4.78 is 19.2. The fraction of sp³-hybridized carbons (Fsp3) is 0.450. The van der Waals surface area contributed by atoms with Crippen LogP contribution in [0.3, 0.4) is 0 Å². The van der Waals surface area contributed by atoms with Gasteiger partial charge in [0, 0.05) is 31.7 Å². The van der Waals surface area contributed by atoms with Crippen molar-refractivity contribution in [1.82, 2.24) is 14.9 Å². The van der Waals surface area contributed by atoms with E-state index in [9.17, 15) is 4.39 Å². The van der Waals surface area contributed by atoms with Crippen LogP contribution in [0.2, 0.25) is 0 Å². The molecule has 2 saturated heterocycles. The molecule has 4 rings (SSSR count). The molecular weight excluding hydrogens is 345 g/mol. The van der Waals surface area contributed by atoms with Crippen LogP contribution < -0.4 is 9.64 Å². The van der Waals surface area contributed by atoms with E-state index in [0.29, 0.717) is 17.6 Å². The zero-order chi connectivity index (χ0) is 18.8. The van der Waals surface area contributed by atoms with Gasteiger partial charge in [-0.3, -0.25) is 4.90 Å². The van der Waals surface area contributed by atoms with Crippen LogP contribution in [0.25, 0.3) is 0 Å². The van der Waals surface area contributed by atoms with Crippen molar-refractivity contribution in [3.05, 3.63) is 48.0 Å². The van der Waals surface area contributed by atoms with Crippen molar-refractivity contribution in [2.75, 3.05) is 24.5 Å². The molecule has 0 bridgehead atoms. The molecule has 27 heavy (non-hydrogen) atoms. The van der Waals surface area contributed by atoms with Gasteiger partial charge in [0.05, 0.1) is 24.0 Å². The van der Waals surface area contributed by atoms with E-state index in [1.54, 1.807) is 12.1 Å². The summed E-state index contributed by atoms with van der Waals surface area (Å²) in [6, 6.07) is 10.1. The highest BCUT2D eigenvalue weighted by atomic mass is 19.1. The van der Waals surface area contributed by atoms with Crippen molar-refractivity contribution in [2.24, 2.45) is 0 Å². The molecular formula is C20H22FN5O. The van der Waals surface area contributed by atoms with Crippen LogP contribution in [-0.2, 0) is 0 Å². The van der Waals surface area contributed by atoms with Crippen LogP contribution in [0.1, 0.15) is 25.3 Å². The van der Waals surface area contributed by atoms with Gasteiger partial charge in [0.15, 0.2) is 5.82 Å². The molecule has 1 aromatic heterocycles. The molecule has 2 aliphatic rings.